The van der Waals surface area contributed by atoms with Crippen molar-refractivity contribution in [1.82, 2.24) is 0 Å². The van der Waals surface area contributed by atoms with Gasteiger partial charge >= 0.3 is 35.8 Å². The zero-order valence-corrected chi connectivity index (χ0v) is 50.4. The van der Waals surface area contributed by atoms with E-state index in [-0.39, 0.29) is 42.7 Å². The number of carbonyl (C=O) groups excluding carboxylic acids is 6. The SMILES string of the molecule is CC(C)CCOC(=O)c1ccc(C(=O)OC2COC(C(C)C)OC2)cc1.CCCC(CC)CC1OCC(OC(=O)c2ccc(C(=O)OCCC(C)C)cc2)CO1.CCCC1OCC(OC(=O)c2ccc(C(=O)OCCC(C)C)cc2)CO1. The third kappa shape index (κ3) is 25.8. The van der Waals surface area contributed by atoms with E-state index in [1.807, 2.05) is 13.8 Å². The van der Waals surface area contributed by atoms with Gasteiger partial charge < -0.3 is 56.8 Å². The third-order valence-corrected chi connectivity index (χ3v) is 13.3. The number of esters is 6. The second-order valence-electron chi connectivity index (χ2n) is 22.3. The van der Waals surface area contributed by atoms with Gasteiger partial charge in [0, 0.05) is 12.3 Å². The van der Waals surface area contributed by atoms with Crippen LogP contribution in [0, 0.1) is 29.6 Å². The molecule has 3 heterocycles. The van der Waals surface area contributed by atoms with E-state index >= 15 is 0 Å². The van der Waals surface area contributed by atoms with Gasteiger partial charge in [-0.2, -0.15) is 0 Å². The number of hydrogen-bond donors (Lipinski definition) is 0. The summed E-state index contributed by atoms with van der Waals surface area (Å²) in [6.45, 7) is 26.0. The molecular formula is C64H92O18. The van der Waals surface area contributed by atoms with Crippen LogP contribution in [0.3, 0.4) is 0 Å². The summed E-state index contributed by atoms with van der Waals surface area (Å²) in [5.41, 5.74) is 2.37. The van der Waals surface area contributed by atoms with Gasteiger partial charge in [-0.15, -0.1) is 0 Å². The molecule has 1 atom stereocenters. The molecule has 3 aliphatic heterocycles. The van der Waals surface area contributed by atoms with Gasteiger partial charge in [-0.25, -0.2) is 28.8 Å². The van der Waals surface area contributed by atoms with Crippen LogP contribution < -0.4 is 0 Å². The molecule has 18 nitrogen and oxygen atoms in total. The van der Waals surface area contributed by atoms with E-state index < -0.39 is 36.2 Å². The van der Waals surface area contributed by atoms with Crippen LogP contribution in [-0.4, -0.2) is 132 Å². The summed E-state index contributed by atoms with van der Waals surface area (Å²) in [6, 6.07) is 18.8. The van der Waals surface area contributed by atoms with Crippen LogP contribution in [0.5, 0.6) is 0 Å². The number of rotatable bonds is 26. The lowest BCUT2D eigenvalue weighted by molar-refractivity contribution is -0.232. The first-order valence-electron chi connectivity index (χ1n) is 29.4. The lowest BCUT2D eigenvalue weighted by Gasteiger charge is -2.31. The van der Waals surface area contributed by atoms with Gasteiger partial charge in [-0.1, -0.05) is 102 Å². The van der Waals surface area contributed by atoms with E-state index in [4.69, 9.17) is 56.8 Å². The van der Waals surface area contributed by atoms with E-state index in [1.165, 1.54) is 6.42 Å². The molecule has 6 rings (SSSR count). The van der Waals surface area contributed by atoms with Crippen molar-refractivity contribution in [3.05, 3.63) is 106 Å². The topological polar surface area (TPSA) is 213 Å². The molecule has 0 N–H and O–H groups in total. The van der Waals surface area contributed by atoms with Gasteiger partial charge in [-0.05, 0) is 122 Å². The van der Waals surface area contributed by atoms with Crippen LogP contribution in [-0.2, 0) is 56.8 Å². The standard InChI is InChI=1S/C24H36O6.2C20H28O6/c1-5-7-18(6-2)14-22-28-15-21(16-29-22)30-24(26)20-10-8-19(9-11-20)23(25)27-13-12-17(3)4;1-13(2)9-10-23-18(21)15-5-7-16(8-6-15)19(22)26-17-11-24-20(14(3)4)25-12-17;1-4-5-18-24-12-17(13-25-18)26-20(22)16-8-6-15(7-9-16)19(21)23-11-10-14(2)3/h8-11,17-18,21-22H,5-7,12-16H2,1-4H3;5-8,13-14,17,20H,9-12H2,1-4H3;6-9,14,17-18H,4-5,10-13H2,1-3H3. The minimum atomic E-state index is -0.468. The summed E-state index contributed by atoms with van der Waals surface area (Å²) in [4.78, 5) is 72.7. The van der Waals surface area contributed by atoms with Crippen molar-refractivity contribution in [2.24, 2.45) is 29.6 Å². The van der Waals surface area contributed by atoms with E-state index in [2.05, 4.69) is 62.3 Å². The molecule has 3 fully saturated rings. The zero-order valence-electron chi connectivity index (χ0n) is 50.4. The molecule has 0 aromatic heterocycles. The highest BCUT2D eigenvalue weighted by atomic mass is 16.7. The van der Waals surface area contributed by atoms with Crippen LogP contribution in [0.15, 0.2) is 72.8 Å². The van der Waals surface area contributed by atoms with E-state index in [0.29, 0.717) is 117 Å². The van der Waals surface area contributed by atoms with Crippen molar-refractivity contribution in [1.29, 1.82) is 0 Å². The van der Waals surface area contributed by atoms with Crippen molar-refractivity contribution < 1.29 is 85.6 Å². The molecular weight excluding hydrogens is 1060 g/mol. The number of hydrogen-bond acceptors (Lipinski definition) is 18. The van der Waals surface area contributed by atoms with Gasteiger partial charge in [0.25, 0.3) is 0 Å². The fourth-order valence-corrected chi connectivity index (χ4v) is 8.15. The number of carbonyl (C=O) groups is 6. The van der Waals surface area contributed by atoms with Gasteiger partial charge in [0.1, 0.15) is 18.3 Å². The molecule has 3 saturated heterocycles. The fourth-order valence-electron chi connectivity index (χ4n) is 8.15. The Labute approximate surface area is 486 Å². The van der Waals surface area contributed by atoms with Crippen molar-refractivity contribution in [3.63, 3.8) is 0 Å². The summed E-state index contributed by atoms with van der Waals surface area (Å²) in [5, 5.41) is 0. The summed E-state index contributed by atoms with van der Waals surface area (Å²) in [7, 11) is 0. The highest BCUT2D eigenvalue weighted by Gasteiger charge is 2.30. The van der Waals surface area contributed by atoms with Crippen LogP contribution in [0.2, 0.25) is 0 Å². The Bertz CT molecular complexity index is 2320. The normalized spacial score (nSPS) is 20.1. The average molecular weight is 1150 g/mol. The number of benzene rings is 3. The number of ether oxygens (including phenoxy) is 12. The predicted molar refractivity (Wildman–Crippen MR) is 306 cm³/mol. The molecule has 1 unspecified atom stereocenters. The maximum absolute atomic E-state index is 12.4. The van der Waals surface area contributed by atoms with Crippen LogP contribution in [0.1, 0.15) is 196 Å². The second-order valence-corrected chi connectivity index (χ2v) is 22.3. The van der Waals surface area contributed by atoms with Crippen LogP contribution >= 0.6 is 0 Å². The molecule has 3 aromatic carbocycles. The van der Waals surface area contributed by atoms with Crippen LogP contribution in [0.25, 0.3) is 0 Å². The highest BCUT2D eigenvalue weighted by Crippen LogP contribution is 2.24. The average Bonchev–Trinajstić information content (AvgIpc) is 3.48. The Morgan fingerprint density at radius 2 is 0.695 bits per heavy atom. The minimum absolute atomic E-state index is 0.212. The summed E-state index contributed by atoms with van der Waals surface area (Å²) >= 11 is 0. The first-order chi connectivity index (χ1) is 39.3. The van der Waals surface area contributed by atoms with Crippen molar-refractivity contribution in [3.8, 4) is 0 Å². The zero-order chi connectivity index (χ0) is 60.0. The van der Waals surface area contributed by atoms with Crippen molar-refractivity contribution in [2.45, 2.75) is 171 Å². The molecule has 0 saturated carbocycles. The maximum Gasteiger partial charge on any atom is 0.338 e. The molecule has 3 aliphatic rings. The maximum atomic E-state index is 12.4. The molecule has 18 heteroatoms. The molecule has 0 amide bonds. The largest absolute Gasteiger partial charge is 0.462 e. The highest BCUT2D eigenvalue weighted by molar-refractivity contribution is 5.95. The molecule has 456 valence electrons. The minimum Gasteiger partial charge on any atom is -0.462 e. The predicted octanol–water partition coefficient (Wildman–Crippen LogP) is 12.0. The van der Waals surface area contributed by atoms with Gasteiger partial charge in [0.2, 0.25) is 0 Å². The third-order valence-electron chi connectivity index (χ3n) is 13.3. The molecule has 0 radical (unpaired) electrons. The van der Waals surface area contributed by atoms with E-state index in [1.54, 1.807) is 72.8 Å². The van der Waals surface area contributed by atoms with Crippen molar-refractivity contribution >= 4 is 35.8 Å². The first-order valence-corrected chi connectivity index (χ1v) is 29.4. The lowest BCUT2D eigenvalue weighted by atomic mass is 9.96. The smallest absolute Gasteiger partial charge is 0.338 e. The second kappa shape index (κ2) is 37.4. The van der Waals surface area contributed by atoms with Gasteiger partial charge in [0.15, 0.2) is 18.9 Å². The molecule has 3 aromatic rings. The molecule has 0 spiro atoms. The summed E-state index contributed by atoms with van der Waals surface area (Å²) in [6.07, 6.45) is 6.59. The molecule has 82 heavy (non-hydrogen) atoms. The Morgan fingerprint density at radius 3 is 0.963 bits per heavy atom. The van der Waals surface area contributed by atoms with Gasteiger partial charge in [-0.3, -0.25) is 0 Å². The molecule has 0 bridgehead atoms. The Balaban J connectivity index is 0.000000265. The van der Waals surface area contributed by atoms with E-state index in [9.17, 15) is 28.8 Å². The van der Waals surface area contributed by atoms with Crippen LogP contribution in [0.4, 0.5) is 0 Å². The summed E-state index contributed by atoms with van der Waals surface area (Å²) in [5.74, 6) is -0.279. The molecule has 0 aliphatic carbocycles. The quantitative estimate of drug-likeness (QED) is 0.0540. The Morgan fingerprint density at radius 1 is 0.402 bits per heavy atom. The monoisotopic (exact) mass is 1150 g/mol. The fraction of sp³-hybridized carbons (Fsp3) is 0.625. The van der Waals surface area contributed by atoms with Crippen molar-refractivity contribution in [2.75, 3.05) is 59.5 Å². The summed E-state index contributed by atoms with van der Waals surface area (Å²) < 4.78 is 65.5. The Hall–Kier alpha value is -5.76. The van der Waals surface area contributed by atoms with Gasteiger partial charge in [0.05, 0.1) is 92.8 Å². The van der Waals surface area contributed by atoms with E-state index in [0.717, 1.165) is 51.4 Å². The Kier molecular flexibility index (Phi) is 31.4. The first kappa shape index (κ1) is 68.7. The lowest BCUT2D eigenvalue weighted by Crippen LogP contribution is -2.40.